The van der Waals surface area contributed by atoms with E-state index in [-0.39, 0.29) is 12.5 Å². The monoisotopic (exact) mass is 334 g/mol. The first-order chi connectivity index (χ1) is 12.1. The van der Waals surface area contributed by atoms with Gasteiger partial charge in [0.25, 0.3) is 0 Å². The Labute approximate surface area is 147 Å². The number of hydrogen-bond acceptors (Lipinski definition) is 3. The van der Waals surface area contributed by atoms with Crippen molar-refractivity contribution in [3.63, 3.8) is 0 Å². The first kappa shape index (κ1) is 15.6. The second kappa shape index (κ2) is 5.84. The van der Waals surface area contributed by atoms with Crippen molar-refractivity contribution in [2.75, 3.05) is 29.9 Å². The number of aromatic nitrogens is 1. The Morgan fingerprint density at radius 3 is 2.68 bits per heavy atom. The smallest absolute Gasteiger partial charge is 0.237 e. The van der Waals surface area contributed by atoms with Gasteiger partial charge in [0.15, 0.2) is 0 Å². The maximum absolute atomic E-state index is 11.9. The molecule has 0 atom stereocenters. The SMILES string of the molecule is CN1CCc2cccc(N(CC(N)=O)c3cccc4ccn(C)c34)c21. The van der Waals surface area contributed by atoms with Crippen LogP contribution in [0.25, 0.3) is 10.9 Å². The molecule has 2 N–H and O–H groups in total. The Hall–Kier alpha value is -2.95. The van der Waals surface area contributed by atoms with Gasteiger partial charge in [-0.3, -0.25) is 4.79 Å². The first-order valence-electron chi connectivity index (χ1n) is 8.49. The molecular formula is C20H22N4O. The molecule has 1 aromatic heterocycles. The lowest BCUT2D eigenvalue weighted by molar-refractivity contribution is -0.116. The predicted molar refractivity (Wildman–Crippen MR) is 103 cm³/mol. The second-order valence-corrected chi connectivity index (χ2v) is 6.65. The van der Waals surface area contributed by atoms with Gasteiger partial charge >= 0.3 is 0 Å². The van der Waals surface area contributed by atoms with Crippen molar-refractivity contribution in [3.8, 4) is 0 Å². The molecule has 25 heavy (non-hydrogen) atoms. The molecular weight excluding hydrogens is 312 g/mol. The van der Waals surface area contributed by atoms with E-state index in [4.69, 9.17) is 5.73 Å². The van der Waals surface area contributed by atoms with Crippen LogP contribution in [0, 0.1) is 0 Å². The number of rotatable bonds is 4. The summed E-state index contributed by atoms with van der Waals surface area (Å²) in [4.78, 5) is 16.2. The van der Waals surface area contributed by atoms with Gasteiger partial charge in [-0.05, 0) is 30.2 Å². The lowest BCUT2D eigenvalue weighted by atomic mass is 10.1. The van der Waals surface area contributed by atoms with Crippen LogP contribution >= 0.6 is 0 Å². The first-order valence-corrected chi connectivity index (χ1v) is 8.49. The number of para-hydroxylation sites is 2. The van der Waals surface area contributed by atoms with E-state index in [2.05, 4.69) is 52.9 Å². The quantitative estimate of drug-likeness (QED) is 0.798. The highest BCUT2D eigenvalue weighted by molar-refractivity contribution is 5.98. The maximum atomic E-state index is 11.9. The molecule has 0 spiro atoms. The summed E-state index contributed by atoms with van der Waals surface area (Å²) in [5.41, 5.74) is 11.2. The number of carbonyl (C=O) groups is 1. The van der Waals surface area contributed by atoms with Gasteiger partial charge in [0.2, 0.25) is 5.91 Å². The molecule has 0 radical (unpaired) electrons. The van der Waals surface area contributed by atoms with Crippen molar-refractivity contribution in [1.29, 1.82) is 0 Å². The summed E-state index contributed by atoms with van der Waals surface area (Å²) >= 11 is 0. The summed E-state index contributed by atoms with van der Waals surface area (Å²) in [5.74, 6) is -0.343. The number of anilines is 3. The molecule has 0 aliphatic carbocycles. The molecule has 2 aromatic carbocycles. The zero-order chi connectivity index (χ0) is 17.6. The summed E-state index contributed by atoms with van der Waals surface area (Å²) in [6.07, 6.45) is 3.07. The normalized spacial score (nSPS) is 13.3. The van der Waals surface area contributed by atoms with Crippen molar-refractivity contribution in [2.45, 2.75) is 6.42 Å². The summed E-state index contributed by atoms with van der Waals surface area (Å²) in [5, 5.41) is 1.15. The number of likely N-dealkylation sites (N-methyl/N-ethyl adjacent to an activating group) is 1. The summed E-state index contributed by atoms with van der Waals surface area (Å²) in [7, 11) is 4.12. The highest BCUT2D eigenvalue weighted by Gasteiger charge is 2.25. The van der Waals surface area contributed by atoms with Gasteiger partial charge in [-0.2, -0.15) is 0 Å². The predicted octanol–water partition coefficient (Wildman–Crippen LogP) is 2.79. The molecule has 5 nitrogen and oxygen atoms in total. The van der Waals surface area contributed by atoms with E-state index in [9.17, 15) is 4.79 Å². The Morgan fingerprint density at radius 2 is 1.88 bits per heavy atom. The number of carbonyl (C=O) groups excluding carboxylic acids is 1. The van der Waals surface area contributed by atoms with Crippen molar-refractivity contribution in [3.05, 3.63) is 54.2 Å². The minimum Gasteiger partial charge on any atom is -0.372 e. The molecule has 0 bridgehead atoms. The number of aryl methyl sites for hydroxylation is 1. The topological polar surface area (TPSA) is 54.5 Å². The van der Waals surface area contributed by atoms with Gasteiger partial charge < -0.3 is 20.1 Å². The van der Waals surface area contributed by atoms with Gasteiger partial charge in [0, 0.05) is 32.2 Å². The maximum Gasteiger partial charge on any atom is 0.237 e. The minimum absolute atomic E-state index is 0.147. The third-order valence-electron chi connectivity index (χ3n) is 4.97. The molecule has 1 amide bonds. The summed E-state index contributed by atoms with van der Waals surface area (Å²) in [6, 6.07) is 14.6. The van der Waals surface area contributed by atoms with Crippen LogP contribution in [-0.4, -0.2) is 30.6 Å². The third kappa shape index (κ3) is 2.52. The molecule has 1 aliphatic rings. The standard InChI is InChI=1S/C20H22N4O/c1-22-11-9-14-5-3-7-16(19(14)22)24(13-18(21)25)17-8-4-6-15-10-12-23(2)20(15)17/h3-9,11H,10,12-13H2,1-2H3,(H2,21,25). The van der Waals surface area contributed by atoms with Gasteiger partial charge in [-0.1, -0.05) is 24.3 Å². The van der Waals surface area contributed by atoms with Crippen molar-refractivity contribution in [1.82, 2.24) is 4.57 Å². The average molecular weight is 334 g/mol. The largest absolute Gasteiger partial charge is 0.372 e. The van der Waals surface area contributed by atoms with E-state index < -0.39 is 0 Å². The molecule has 5 heteroatoms. The molecule has 3 aromatic rings. The van der Waals surface area contributed by atoms with E-state index in [0.717, 1.165) is 35.2 Å². The average Bonchev–Trinajstić information content (AvgIpc) is 3.16. The molecule has 128 valence electrons. The Kier molecular flexibility index (Phi) is 3.64. The van der Waals surface area contributed by atoms with Crippen LogP contribution < -0.4 is 15.5 Å². The van der Waals surface area contributed by atoms with Gasteiger partial charge in [-0.25, -0.2) is 0 Å². The van der Waals surface area contributed by atoms with E-state index in [1.807, 2.05) is 24.2 Å². The van der Waals surface area contributed by atoms with Crippen LogP contribution in [0.4, 0.5) is 17.1 Å². The third-order valence-corrected chi connectivity index (χ3v) is 4.97. The zero-order valence-corrected chi connectivity index (χ0v) is 14.6. The number of amides is 1. The number of fused-ring (bicyclic) bond motifs is 2. The molecule has 0 saturated heterocycles. The van der Waals surface area contributed by atoms with Crippen LogP contribution in [-0.2, 0) is 18.3 Å². The van der Waals surface area contributed by atoms with Crippen LogP contribution in [0.15, 0.2) is 48.7 Å². The molecule has 4 rings (SSSR count). The Balaban J connectivity index is 1.95. The van der Waals surface area contributed by atoms with Crippen molar-refractivity contribution in [2.24, 2.45) is 12.8 Å². The van der Waals surface area contributed by atoms with E-state index in [1.165, 1.54) is 11.3 Å². The zero-order valence-electron chi connectivity index (χ0n) is 14.6. The van der Waals surface area contributed by atoms with Crippen LogP contribution in [0.2, 0.25) is 0 Å². The lowest BCUT2D eigenvalue weighted by Crippen LogP contribution is -2.31. The Morgan fingerprint density at radius 1 is 1.12 bits per heavy atom. The second-order valence-electron chi connectivity index (χ2n) is 6.65. The number of nitrogens with two attached hydrogens (primary N) is 1. The summed E-state index contributed by atoms with van der Waals surface area (Å²) < 4.78 is 2.09. The molecule has 0 saturated carbocycles. The van der Waals surface area contributed by atoms with Gasteiger partial charge in [-0.15, -0.1) is 0 Å². The molecule has 2 heterocycles. The number of primary amides is 1. The number of hydrogen-bond donors (Lipinski definition) is 1. The molecule has 0 unspecified atom stereocenters. The lowest BCUT2D eigenvalue weighted by Gasteiger charge is -2.29. The minimum atomic E-state index is -0.343. The highest BCUT2D eigenvalue weighted by Crippen LogP contribution is 2.41. The fourth-order valence-electron chi connectivity index (χ4n) is 3.85. The number of nitrogens with zero attached hydrogens (tertiary/aromatic N) is 3. The van der Waals surface area contributed by atoms with Gasteiger partial charge in [0.1, 0.15) is 6.54 Å². The van der Waals surface area contributed by atoms with Gasteiger partial charge in [0.05, 0.1) is 22.6 Å². The van der Waals surface area contributed by atoms with Crippen molar-refractivity contribution < 1.29 is 4.79 Å². The van der Waals surface area contributed by atoms with Crippen molar-refractivity contribution >= 4 is 33.9 Å². The molecule has 0 fully saturated rings. The van der Waals surface area contributed by atoms with E-state index in [0.29, 0.717) is 0 Å². The molecule has 1 aliphatic heterocycles. The van der Waals surface area contributed by atoms with E-state index >= 15 is 0 Å². The van der Waals surface area contributed by atoms with E-state index in [1.54, 1.807) is 0 Å². The van der Waals surface area contributed by atoms with Crippen LogP contribution in [0.5, 0.6) is 0 Å². The Bertz CT molecular complexity index is 959. The summed E-state index contributed by atoms with van der Waals surface area (Å²) in [6.45, 7) is 1.14. The fraction of sp³-hybridized carbons (Fsp3) is 0.250. The van der Waals surface area contributed by atoms with Crippen LogP contribution in [0.3, 0.4) is 0 Å². The van der Waals surface area contributed by atoms with Crippen LogP contribution in [0.1, 0.15) is 5.56 Å². The number of benzene rings is 2. The fourth-order valence-corrected chi connectivity index (χ4v) is 3.85. The highest BCUT2D eigenvalue weighted by atomic mass is 16.1.